The molecule has 2 aromatic rings. The van der Waals surface area contributed by atoms with Crippen LogP contribution in [-0.4, -0.2) is 5.11 Å². The van der Waals surface area contributed by atoms with Crippen molar-refractivity contribution >= 4 is 11.8 Å². The van der Waals surface area contributed by atoms with Gasteiger partial charge in [0.2, 0.25) is 0 Å². The zero-order valence-corrected chi connectivity index (χ0v) is 10.3. The Labute approximate surface area is 104 Å². The zero-order chi connectivity index (χ0) is 12.3. The molecule has 17 heavy (non-hydrogen) atoms. The fourth-order valence-electron chi connectivity index (χ4n) is 1.56. The van der Waals surface area contributed by atoms with Gasteiger partial charge in [-0.3, -0.25) is 0 Å². The number of aliphatic hydroxyl groups excluding tert-OH is 1. The summed E-state index contributed by atoms with van der Waals surface area (Å²) in [5, 5.41) is 9.21. The molecule has 1 N–H and O–H groups in total. The maximum Gasteiger partial charge on any atom is 0.123 e. The smallest absolute Gasteiger partial charge is 0.123 e. The highest BCUT2D eigenvalue weighted by molar-refractivity contribution is 7.99. The van der Waals surface area contributed by atoms with Crippen LogP contribution in [0.4, 0.5) is 4.39 Å². The third-order valence-corrected chi connectivity index (χ3v) is 3.80. The fraction of sp³-hybridized carbons (Fsp3) is 0.143. The summed E-state index contributed by atoms with van der Waals surface area (Å²) in [6, 6.07) is 12.5. The van der Waals surface area contributed by atoms with Crippen molar-refractivity contribution in [3.8, 4) is 0 Å². The Morgan fingerprint density at radius 2 is 1.88 bits per heavy atom. The average Bonchev–Trinajstić information content (AvgIpc) is 2.34. The van der Waals surface area contributed by atoms with Crippen molar-refractivity contribution in [1.82, 2.24) is 0 Å². The zero-order valence-electron chi connectivity index (χ0n) is 9.48. The average molecular weight is 248 g/mol. The van der Waals surface area contributed by atoms with Crippen molar-refractivity contribution < 1.29 is 9.50 Å². The van der Waals surface area contributed by atoms with Gasteiger partial charge in [-0.1, -0.05) is 30.0 Å². The largest absolute Gasteiger partial charge is 0.392 e. The molecule has 0 unspecified atom stereocenters. The van der Waals surface area contributed by atoms with Crippen molar-refractivity contribution in [3.05, 3.63) is 59.4 Å². The van der Waals surface area contributed by atoms with Crippen LogP contribution in [0.1, 0.15) is 11.1 Å². The molecule has 0 aliphatic rings. The topological polar surface area (TPSA) is 20.2 Å². The second-order valence-corrected chi connectivity index (χ2v) is 4.86. The number of aliphatic hydroxyl groups is 1. The molecule has 3 heteroatoms. The fourth-order valence-corrected chi connectivity index (χ4v) is 2.56. The Hall–Kier alpha value is -1.32. The molecular formula is C14H13FOS. The minimum atomic E-state index is -0.316. The summed E-state index contributed by atoms with van der Waals surface area (Å²) < 4.78 is 13.0. The van der Waals surface area contributed by atoms with Crippen molar-refractivity contribution in [3.63, 3.8) is 0 Å². The monoisotopic (exact) mass is 248 g/mol. The molecule has 0 saturated carbocycles. The van der Waals surface area contributed by atoms with E-state index in [9.17, 15) is 9.50 Å². The number of aryl methyl sites for hydroxylation is 1. The lowest BCUT2D eigenvalue weighted by atomic mass is 10.2. The Bertz CT molecular complexity index is 525. The standard InChI is InChI=1S/C14H13FOS/c1-10-4-2-3-5-13(10)17-14-7-6-12(15)8-11(14)9-16/h2-8,16H,9H2,1H3. The second kappa shape index (κ2) is 5.34. The molecule has 0 bridgehead atoms. The molecule has 88 valence electrons. The van der Waals surface area contributed by atoms with E-state index in [0.717, 1.165) is 9.79 Å². The highest BCUT2D eigenvalue weighted by Crippen LogP contribution is 2.32. The van der Waals surface area contributed by atoms with Crippen LogP contribution >= 0.6 is 11.8 Å². The normalized spacial score (nSPS) is 10.5. The molecule has 0 aliphatic carbocycles. The van der Waals surface area contributed by atoms with Crippen molar-refractivity contribution in [2.75, 3.05) is 0 Å². The molecule has 0 spiro atoms. The molecule has 0 heterocycles. The number of rotatable bonds is 3. The summed E-state index contributed by atoms with van der Waals surface area (Å²) in [5.74, 6) is -0.316. The molecule has 0 aliphatic heterocycles. The maximum absolute atomic E-state index is 13.0. The van der Waals surface area contributed by atoms with E-state index in [-0.39, 0.29) is 12.4 Å². The van der Waals surface area contributed by atoms with Crippen LogP contribution in [0.15, 0.2) is 52.3 Å². The predicted octanol–water partition coefficient (Wildman–Crippen LogP) is 3.78. The maximum atomic E-state index is 13.0. The van der Waals surface area contributed by atoms with Crippen LogP contribution in [0, 0.1) is 12.7 Å². The van der Waals surface area contributed by atoms with Gasteiger partial charge in [-0.05, 0) is 42.3 Å². The number of hydrogen-bond donors (Lipinski definition) is 1. The summed E-state index contributed by atoms with van der Waals surface area (Å²) >= 11 is 1.55. The molecular weight excluding hydrogens is 235 g/mol. The Morgan fingerprint density at radius 3 is 2.59 bits per heavy atom. The Kier molecular flexibility index (Phi) is 3.82. The van der Waals surface area contributed by atoms with Crippen LogP contribution in [0.25, 0.3) is 0 Å². The van der Waals surface area contributed by atoms with Gasteiger partial charge >= 0.3 is 0 Å². The van der Waals surface area contributed by atoms with Gasteiger partial charge in [-0.2, -0.15) is 0 Å². The van der Waals surface area contributed by atoms with E-state index < -0.39 is 0 Å². The molecule has 1 nitrogen and oxygen atoms in total. The lowest BCUT2D eigenvalue weighted by Gasteiger charge is -2.09. The number of halogens is 1. The molecule has 0 atom stereocenters. The first-order valence-electron chi connectivity index (χ1n) is 5.33. The van der Waals surface area contributed by atoms with Gasteiger partial charge in [0.1, 0.15) is 5.82 Å². The van der Waals surface area contributed by atoms with Crippen molar-refractivity contribution in [2.45, 2.75) is 23.3 Å². The van der Waals surface area contributed by atoms with E-state index in [4.69, 9.17) is 0 Å². The summed E-state index contributed by atoms with van der Waals surface area (Å²) in [6.07, 6.45) is 0. The highest BCUT2D eigenvalue weighted by atomic mass is 32.2. The van der Waals surface area contributed by atoms with Gasteiger partial charge in [0.15, 0.2) is 0 Å². The lowest BCUT2D eigenvalue weighted by molar-refractivity contribution is 0.278. The summed E-state index contributed by atoms with van der Waals surface area (Å²) in [5.41, 5.74) is 1.80. The number of benzene rings is 2. The van der Waals surface area contributed by atoms with Crippen molar-refractivity contribution in [2.24, 2.45) is 0 Å². The first kappa shape index (κ1) is 12.1. The number of hydrogen-bond acceptors (Lipinski definition) is 2. The van der Waals surface area contributed by atoms with Crippen molar-refractivity contribution in [1.29, 1.82) is 0 Å². The highest BCUT2D eigenvalue weighted by Gasteiger charge is 2.06. The summed E-state index contributed by atoms with van der Waals surface area (Å²) in [6.45, 7) is 1.89. The van der Waals surface area contributed by atoms with E-state index in [1.54, 1.807) is 17.8 Å². The molecule has 0 radical (unpaired) electrons. The van der Waals surface area contributed by atoms with Crippen LogP contribution in [-0.2, 0) is 6.61 Å². The minimum absolute atomic E-state index is 0.147. The Balaban J connectivity index is 2.33. The third kappa shape index (κ3) is 2.87. The second-order valence-electron chi connectivity index (χ2n) is 3.78. The predicted molar refractivity (Wildman–Crippen MR) is 67.6 cm³/mol. The van der Waals surface area contributed by atoms with Gasteiger partial charge in [0.05, 0.1) is 6.61 Å². The quantitative estimate of drug-likeness (QED) is 0.892. The first-order chi connectivity index (χ1) is 8.20. The summed E-state index contributed by atoms with van der Waals surface area (Å²) in [7, 11) is 0. The SMILES string of the molecule is Cc1ccccc1Sc1ccc(F)cc1CO. The van der Waals surface area contributed by atoms with E-state index in [1.807, 2.05) is 31.2 Å². The molecule has 0 aromatic heterocycles. The summed E-state index contributed by atoms with van der Waals surface area (Å²) in [4.78, 5) is 2.01. The third-order valence-electron chi connectivity index (χ3n) is 2.51. The Morgan fingerprint density at radius 1 is 1.12 bits per heavy atom. The molecule has 2 aromatic carbocycles. The van der Waals surface area contributed by atoms with Crippen LogP contribution in [0.5, 0.6) is 0 Å². The van der Waals surface area contributed by atoms with Crippen LogP contribution in [0.3, 0.4) is 0 Å². The van der Waals surface area contributed by atoms with E-state index in [1.165, 1.54) is 17.7 Å². The van der Waals surface area contributed by atoms with Gasteiger partial charge < -0.3 is 5.11 Å². The van der Waals surface area contributed by atoms with Gasteiger partial charge in [0, 0.05) is 9.79 Å². The lowest BCUT2D eigenvalue weighted by Crippen LogP contribution is -1.90. The van der Waals surface area contributed by atoms with Gasteiger partial charge in [-0.25, -0.2) is 4.39 Å². The van der Waals surface area contributed by atoms with Gasteiger partial charge in [-0.15, -0.1) is 0 Å². The van der Waals surface area contributed by atoms with E-state index in [2.05, 4.69) is 0 Å². The van der Waals surface area contributed by atoms with E-state index >= 15 is 0 Å². The van der Waals surface area contributed by atoms with Crippen LogP contribution < -0.4 is 0 Å². The first-order valence-corrected chi connectivity index (χ1v) is 6.15. The molecule has 2 rings (SSSR count). The minimum Gasteiger partial charge on any atom is -0.392 e. The molecule has 0 saturated heterocycles. The van der Waals surface area contributed by atoms with Crippen LogP contribution in [0.2, 0.25) is 0 Å². The molecule has 0 fully saturated rings. The van der Waals surface area contributed by atoms with E-state index in [0.29, 0.717) is 5.56 Å². The van der Waals surface area contributed by atoms with Gasteiger partial charge in [0.25, 0.3) is 0 Å². The molecule has 0 amide bonds.